The van der Waals surface area contributed by atoms with Crippen molar-refractivity contribution in [2.75, 3.05) is 46.3 Å². The predicted molar refractivity (Wildman–Crippen MR) is 111 cm³/mol. The monoisotopic (exact) mass is 425 g/mol. The molecule has 0 aromatic heterocycles. The Balaban J connectivity index is 1.90. The number of hydrogen-bond acceptors (Lipinski definition) is 4. The largest absolute Gasteiger partial charge is 0.349 e. The molecule has 1 heterocycles. The average molecular weight is 426 g/mol. The number of likely N-dealkylation sites (N-methyl/N-ethyl adjacent to an activating group) is 1. The molecule has 8 nitrogen and oxygen atoms in total. The zero-order valence-corrected chi connectivity index (χ0v) is 18.8. The number of piperazine rings is 1. The first-order chi connectivity index (χ1) is 13.5. The van der Waals surface area contributed by atoms with Crippen LogP contribution in [0.2, 0.25) is 0 Å². The summed E-state index contributed by atoms with van der Waals surface area (Å²) in [6.07, 6.45) is 0. The first-order valence-electron chi connectivity index (χ1n) is 9.96. The van der Waals surface area contributed by atoms with Crippen molar-refractivity contribution in [3.05, 3.63) is 29.3 Å². The Bertz CT molecular complexity index is 846. The second-order valence-electron chi connectivity index (χ2n) is 8.06. The van der Waals surface area contributed by atoms with Gasteiger partial charge in [-0.3, -0.25) is 9.59 Å². The van der Waals surface area contributed by atoms with E-state index in [1.54, 1.807) is 24.1 Å². The Morgan fingerprint density at radius 1 is 1.07 bits per heavy atom. The van der Waals surface area contributed by atoms with Gasteiger partial charge in [0.25, 0.3) is 11.8 Å². The van der Waals surface area contributed by atoms with Crippen molar-refractivity contribution >= 4 is 21.8 Å². The number of nitrogens with one attached hydrogen (secondary N) is 2. The summed E-state index contributed by atoms with van der Waals surface area (Å²) in [7, 11) is -1.76. The standard InChI is InChI=1S/C20H32N4O4S/c1-15(2)21-19(25)13-22(5)14-20(26)23-8-10-24(11-9-23)29(27,28)18-7-6-16(3)17(4)12-18/h6-7,12,15H,8-11,13-14H2,1-5H3,(H,21,25)/p+1. The number of nitrogens with zero attached hydrogens (tertiary/aromatic N) is 2. The van der Waals surface area contributed by atoms with Crippen LogP contribution in [0.3, 0.4) is 0 Å². The second-order valence-corrected chi connectivity index (χ2v) is 10.0. The highest BCUT2D eigenvalue weighted by Crippen LogP contribution is 2.20. The van der Waals surface area contributed by atoms with Crippen LogP contribution in [0.1, 0.15) is 25.0 Å². The Morgan fingerprint density at radius 3 is 2.24 bits per heavy atom. The Morgan fingerprint density at radius 2 is 1.69 bits per heavy atom. The van der Waals surface area contributed by atoms with E-state index in [0.29, 0.717) is 18.0 Å². The van der Waals surface area contributed by atoms with Crippen LogP contribution in [0.5, 0.6) is 0 Å². The summed E-state index contributed by atoms with van der Waals surface area (Å²) in [5, 5.41) is 2.81. The number of hydrogen-bond donors (Lipinski definition) is 2. The number of carbonyl (C=O) groups excluding carboxylic acids is 2. The lowest BCUT2D eigenvalue weighted by molar-refractivity contribution is -0.863. The van der Waals surface area contributed by atoms with Gasteiger partial charge in [0.1, 0.15) is 0 Å². The van der Waals surface area contributed by atoms with Crippen LogP contribution in [-0.4, -0.2) is 81.8 Å². The highest BCUT2D eigenvalue weighted by Gasteiger charge is 2.31. The summed E-state index contributed by atoms with van der Waals surface area (Å²) in [5.41, 5.74) is 1.99. The molecule has 2 rings (SSSR count). The Kier molecular flexibility index (Phi) is 7.79. The topological polar surface area (TPSA) is 91.2 Å². The number of aryl methyl sites for hydroxylation is 2. The van der Waals surface area contributed by atoms with Crippen molar-refractivity contribution in [2.24, 2.45) is 0 Å². The first kappa shape index (κ1) is 23.3. The van der Waals surface area contributed by atoms with E-state index >= 15 is 0 Å². The van der Waals surface area contributed by atoms with E-state index in [-0.39, 0.29) is 44.0 Å². The van der Waals surface area contributed by atoms with Gasteiger partial charge in [-0.15, -0.1) is 0 Å². The molecule has 162 valence electrons. The number of amides is 2. The van der Waals surface area contributed by atoms with E-state index in [2.05, 4.69) is 5.32 Å². The molecule has 1 saturated heterocycles. The van der Waals surface area contributed by atoms with Crippen LogP contribution in [0.25, 0.3) is 0 Å². The number of carbonyl (C=O) groups is 2. The fraction of sp³-hybridized carbons (Fsp3) is 0.600. The van der Waals surface area contributed by atoms with Gasteiger partial charge in [0.2, 0.25) is 10.0 Å². The van der Waals surface area contributed by atoms with Crippen LogP contribution in [0.15, 0.2) is 23.1 Å². The summed E-state index contributed by atoms with van der Waals surface area (Å²) >= 11 is 0. The fourth-order valence-corrected chi connectivity index (χ4v) is 4.79. The Labute approximate surface area is 173 Å². The molecule has 1 aliphatic rings. The van der Waals surface area contributed by atoms with Crippen LogP contribution < -0.4 is 10.2 Å². The fourth-order valence-electron chi connectivity index (χ4n) is 3.28. The lowest BCUT2D eigenvalue weighted by Gasteiger charge is -2.34. The lowest BCUT2D eigenvalue weighted by atomic mass is 10.1. The Hall–Kier alpha value is -1.97. The molecule has 2 amide bonds. The minimum absolute atomic E-state index is 0.0666. The number of benzene rings is 1. The van der Waals surface area contributed by atoms with Crippen LogP contribution in [0, 0.1) is 13.8 Å². The smallest absolute Gasteiger partial charge is 0.277 e. The van der Waals surface area contributed by atoms with Crippen LogP contribution in [0.4, 0.5) is 0 Å². The zero-order valence-electron chi connectivity index (χ0n) is 18.0. The van der Waals surface area contributed by atoms with Crippen molar-refractivity contribution in [2.45, 2.75) is 38.6 Å². The average Bonchev–Trinajstić information content (AvgIpc) is 2.63. The number of sulfonamides is 1. The third-order valence-corrected chi connectivity index (χ3v) is 6.97. The van der Waals surface area contributed by atoms with Gasteiger partial charge in [-0.05, 0) is 51.0 Å². The molecule has 2 N–H and O–H groups in total. The van der Waals surface area contributed by atoms with Gasteiger partial charge < -0.3 is 15.1 Å². The van der Waals surface area contributed by atoms with Crippen LogP contribution in [-0.2, 0) is 19.6 Å². The van der Waals surface area contributed by atoms with Crippen molar-refractivity contribution in [1.82, 2.24) is 14.5 Å². The molecule has 0 spiro atoms. The molecule has 1 aromatic carbocycles. The summed E-state index contributed by atoms with van der Waals surface area (Å²) < 4.78 is 27.2. The third-order valence-electron chi connectivity index (χ3n) is 5.07. The molecule has 0 saturated carbocycles. The summed E-state index contributed by atoms with van der Waals surface area (Å²) in [6, 6.07) is 5.22. The van der Waals surface area contributed by atoms with Gasteiger partial charge in [-0.25, -0.2) is 8.42 Å². The minimum Gasteiger partial charge on any atom is -0.349 e. The maximum Gasteiger partial charge on any atom is 0.277 e. The zero-order chi connectivity index (χ0) is 21.8. The van der Waals surface area contributed by atoms with Gasteiger partial charge in [0.15, 0.2) is 13.1 Å². The minimum atomic E-state index is -3.56. The van der Waals surface area contributed by atoms with Gasteiger partial charge in [0, 0.05) is 32.2 Å². The van der Waals surface area contributed by atoms with Crippen molar-refractivity contribution in [3.8, 4) is 0 Å². The van der Waals surface area contributed by atoms with E-state index in [0.717, 1.165) is 16.0 Å². The number of rotatable bonds is 7. The second kappa shape index (κ2) is 9.69. The maximum absolute atomic E-state index is 12.9. The first-order valence-corrected chi connectivity index (χ1v) is 11.4. The van der Waals surface area contributed by atoms with Crippen molar-refractivity contribution < 1.29 is 22.9 Å². The summed E-state index contributed by atoms with van der Waals surface area (Å²) in [5.74, 6) is -0.155. The third kappa shape index (κ3) is 6.25. The van der Waals surface area contributed by atoms with Gasteiger partial charge in [-0.2, -0.15) is 4.31 Å². The van der Waals surface area contributed by atoms with E-state index < -0.39 is 10.0 Å². The number of quaternary nitrogens is 1. The highest BCUT2D eigenvalue weighted by atomic mass is 32.2. The van der Waals surface area contributed by atoms with Gasteiger partial charge in [0.05, 0.1) is 11.9 Å². The molecule has 0 aliphatic carbocycles. The molecule has 9 heteroatoms. The van der Waals surface area contributed by atoms with E-state index in [1.165, 1.54) is 4.31 Å². The van der Waals surface area contributed by atoms with E-state index in [1.807, 2.05) is 33.8 Å². The molecule has 1 unspecified atom stereocenters. The molecule has 1 aliphatic heterocycles. The quantitative estimate of drug-likeness (QED) is 0.597. The van der Waals surface area contributed by atoms with Crippen molar-refractivity contribution in [3.63, 3.8) is 0 Å². The lowest BCUT2D eigenvalue weighted by Crippen LogP contribution is -3.11. The van der Waals surface area contributed by atoms with Gasteiger partial charge >= 0.3 is 0 Å². The molecule has 1 atom stereocenters. The highest BCUT2D eigenvalue weighted by molar-refractivity contribution is 7.89. The SMILES string of the molecule is Cc1ccc(S(=O)(=O)N2CCN(C(=O)C[NH+](C)CC(=O)NC(C)C)CC2)cc1C. The summed E-state index contributed by atoms with van der Waals surface area (Å²) in [4.78, 5) is 27.1. The molecule has 29 heavy (non-hydrogen) atoms. The van der Waals surface area contributed by atoms with Crippen molar-refractivity contribution in [1.29, 1.82) is 0 Å². The predicted octanol–water partition coefficient (Wildman–Crippen LogP) is -0.824. The van der Waals surface area contributed by atoms with E-state index in [9.17, 15) is 18.0 Å². The molecule has 1 fully saturated rings. The molecular formula is C20H33N4O4S+. The molecule has 0 radical (unpaired) electrons. The van der Waals surface area contributed by atoms with Crippen LogP contribution >= 0.6 is 0 Å². The summed E-state index contributed by atoms with van der Waals surface area (Å²) in [6.45, 7) is 9.31. The van der Waals surface area contributed by atoms with E-state index in [4.69, 9.17) is 0 Å². The molecular weight excluding hydrogens is 392 g/mol. The normalized spacial score (nSPS) is 16.7. The molecule has 1 aromatic rings. The maximum atomic E-state index is 12.9. The van der Waals surface area contributed by atoms with Gasteiger partial charge in [-0.1, -0.05) is 6.07 Å². The molecule has 0 bridgehead atoms.